The fraction of sp³-hybridized carbons (Fsp3) is 0.261. The van der Waals surface area contributed by atoms with Crippen molar-refractivity contribution in [2.75, 3.05) is 38.6 Å². The van der Waals surface area contributed by atoms with Crippen LogP contribution in [0.5, 0.6) is 5.88 Å². The van der Waals surface area contributed by atoms with Crippen LogP contribution >= 0.6 is 0 Å². The van der Waals surface area contributed by atoms with E-state index in [-0.39, 0.29) is 0 Å². The van der Waals surface area contributed by atoms with Crippen molar-refractivity contribution in [1.82, 2.24) is 34.7 Å². The number of rotatable bonds is 7. The fourth-order valence-electron chi connectivity index (χ4n) is 3.88. The lowest BCUT2D eigenvalue weighted by Crippen LogP contribution is -2.45. The van der Waals surface area contributed by atoms with E-state index in [2.05, 4.69) is 35.1 Å². The Bertz CT molecular complexity index is 1270. The van der Waals surface area contributed by atoms with Gasteiger partial charge in [-0.2, -0.15) is 0 Å². The first kappa shape index (κ1) is 20.8. The van der Waals surface area contributed by atoms with E-state index in [1.54, 1.807) is 19.4 Å². The lowest BCUT2D eigenvalue weighted by Gasteiger charge is -2.32. The molecular weight excluding hydrogens is 420 g/mol. The third-order valence-electron chi connectivity index (χ3n) is 5.66. The largest absolute Gasteiger partial charge is 0.481 e. The fourth-order valence-corrected chi connectivity index (χ4v) is 3.88. The number of piperazine rings is 1. The van der Waals surface area contributed by atoms with Gasteiger partial charge < -0.3 is 19.9 Å². The van der Waals surface area contributed by atoms with E-state index >= 15 is 0 Å². The number of carbonyl (C=O) groups excluding carboxylic acids is 1. The summed E-state index contributed by atoms with van der Waals surface area (Å²) in [5.74, 6) is 1.86. The van der Waals surface area contributed by atoms with Crippen molar-refractivity contribution in [3.63, 3.8) is 0 Å². The summed E-state index contributed by atoms with van der Waals surface area (Å²) in [5.41, 5.74) is 4.59. The van der Waals surface area contributed by atoms with Crippen LogP contribution in [-0.4, -0.2) is 74.4 Å². The monoisotopic (exact) mass is 444 g/mol. The van der Waals surface area contributed by atoms with E-state index in [9.17, 15) is 4.79 Å². The Morgan fingerprint density at radius 3 is 2.79 bits per heavy atom. The summed E-state index contributed by atoms with van der Waals surface area (Å²) in [5, 5.41) is 3.27. The number of ether oxygens (including phenoxy) is 1. The smallest absolute Gasteiger partial charge is 0.216 e. The number of H-pyrrole nitrogens is 1. The van der Waals surface area contributed by atoms with Gasteiger partial charge in [0.2, 0.25) is 18.2 Å². The Hall–Kier alpha value is -4.05. The molecule has 0 saturated carbocycles. The summed E-state index contributed by atoms with van der Waals surface area (Å²) in [4.78, 5) is 35.8. The number of methoxy groups -OCH3 is 1. The molecule has 2 N–H and O–H groups in total. The number of aromatic amines is 1. The van der Waals surface area contributed by atoms with Crippen LogP contribution in [0.25, 0.3) is 22.3 Å². The van der Waals surface area contributed by atoms with Crippen molar-refractivity contribution in [1.29, 1.82) is 0 Å². The predicted molar refractivity (Wildman–Crippen MR) is 124 cm³/mol. The van der Waals surface area contributed by atoms with Crippen LogP contribution in [0, 0.1) is 0 Å². The number of nitrogens with zero attached hydrogens (tertiary/aromatic N) is 6. The molecule has 0 bridgehead atoms. The second-order valence-electron chi connectivity index (χ2n) is 7.85. The minimum absolute atomic E-state index is 0.517. The highest BCUT2D eigenvalue weighted by molar-refractivity contribution is 5.83. The zero-order valence-corrected chi connectivity index (χ0v) is 18.2. The van der Waals surface area contributed by atoms with E-state index in [4.69, 9.17) is 4.74 Å². The second kappa shape index (κ2) is 9.21. The van der Waals surface area contributed by atoms with Crippen LogP contribution in [0.3, 0.4) is 0 Å². The van der Waals surface area contributed by atoms with Crippen molar-refractivity contribution >= 4 is 29.2 Å². The number of benzene rings is 1. The van der Waals surface area contributed by atoms with Gasteiger partial charge in [0.1, 0.15) is 12.1 Å². The molecule has 10 nitrogen and oxygen atoms in total. The number of carbonyl (C=O) groups is 1. The Morgan fingerprint density at radius 1 is 1.09 bits per heavy atom. The lowest BCUT2D eigenvalue weighted by atomic mass is 10.1. The van der Waals surface area contributed by atoms with E-state index in [0.717, 1.165) is 72.8 Å². The number of anilines is 2. The first-order chi connectivity index (χ1) is 16.2. The molecule has 1 aliphatic rings. The molecule has 10 heteroatoms. The minimum atomic E-state index is 0.517. The van der Waals surface area contributed by atoms with Gasteiger partial charge in [-0.05, 0) is 29.8 Å². The molecule has 1 saturated heterocycles. The van der Waals surface area contributed by atoms with Gasteiger partial charge in [-0.1, -0.05) is 6.07 Å². The van der Waals surface area contributed by atoms with Gasteiger partial charge in [-0.3, -0.25) is 9.69 Å². The Morgan fingerprint density at radius 2 is 1.97 bits per heavy atom. The zero-order chi connectivity index (χ0) is 22.6. The molecular formula is C23H24N8O2. The van der Waals surface area contributed by atoms with E-state index in [0.29, 0.717) is 11.8 Å². The molecule has 0 radical (unpaired) electrons. The Balaban J connectivity index is 1.30. The van der Waals surface area contributed by atoms with Crippen molar-refractivity contribution in [2.45, 2.75) is 6.54 Å². The number of hydrogen-bond donors (Lipinski definition) is 2. The number of pyridine rings is 1. The van der Waals surface area contributed by atoms with Crippen LogP contribution in [0.15, 0.2) is 48.9 Å². The number of imidazole rings is 1. The van der Waals surface area contributed by atoms with Gasteiger partial charge >= 0.3 is 0 Å². The van der Waals surface area contributed by atoms with Crippen molar-refractivity contribution in [3.05, 3.63) is 54.5 Å². The van der Waals surface area contributed by atoms with Crippen molar-refractivity contribution < 1.29 is 9.53 Å². The van der Waals surface area contributed by atoms with Gasteiger partial charge in [0.25, 0.3) is 0 Å². The van der Waals surface area contributed by atoms with Crippen LogP contribution < -0.4 is 10.1 Å². The maximum atomic E-state index is 10.9. The first-order valence-electron chi connectivity index (χ1n) is 10.7. The van der Waals surface area contributed by atoms with E-state index in [1.807, 2.05) is 35.2 Å². The number of fused-ring (bicyclic) bond motifs is 1. The number of amides is 1. The molecule has 1 fully saturated rings. The number of nitrogens with one attached hydrogen (secondary N) is 2. The highest BCUT2D eigenvalue weighted by Crippen LogP contribution is 2.25. The third-order valence-corrected chi connectivity index (χ3v) is 5.66. The molecule has 0 aliphatic carbocycles. The highest BCUT2D eigenvalue weighted by atomic mass is 16.5. The van der Waals surface area contributed by atoms with E-state index < -0.39 is 0 Å². The predicted octanol–water partition coefficient (Wildman–Crippen LogP) is 2.44. The third kappa shape index (κ3) is 4.75. The minimum Gasteiger partial charge on any atom is -0.481 e. The Kier molecular flexibility index (Phi) is 5.81. The summed E-state index contributed by atoms with van der Waals surface area (Å²) >= 11 is 0. The van der Waals surface area contributed by atoms with Gasteiger partial charge in [-0.15, -0.1) is 0 Å². The van der Waals surface area contributed by atoms with Crippen LogP contribution in [0.1, 0.15) is 5.56 Å². The maximum Gasteiger partial charge on any atom is 0.216 e. The van der Waals surface area contributed by atoms with E-state index in [1.165, 1.54) is 6.33 Å². The average Bonchev–Trinajstić information content (AvgIpc) is 3.26. The zero-order valence-electron chi connectivity index (χ0n) is 18.2. The Labute approximate surface area is 190 Å². The second-order valence-corrected chi connectivity index (χ2v) is 7.85. The standard InChI is InChI=1S/C23H24N8O2/c1-33-22-12-19(25-14-26-22)17-2-3-18-20(11-17)28-23(27-18)29-21-10-16(4-5-24-21)13-30-6-8-31(15-32)9-7-30/h2-5,10-12,14-15H,6-9,13H2,1H3,(H2,24,27,28,29). The molecule has 0 spiro atoms. The van der Waals surface area contributed by atoms with Gasteiger partial charge in [-0.25, -0.2) is 19.9 Å². The maximum absolute atomic E-state index is 10.9. The summed E-state index contributed by atoms with van der Waals surface area (Å²) in [6.45, 7) is 4.09. The van der Waals surface area contributed by atoms with Crippen molar-refractivity contribution in [2.24, 2.45) is 0 Å². The van der Waals surface area contributed by atoms with Gasteiger partial charge in [0.05, 0.1) is 23.8 Å². The average molecular weight is 444 g/mol. The molecule has 33 heavy (non-hydrogen) atoms. The topological polar surface area (TPSA) is 112 Å². The molecule has 4 aromatic rings. The summed E-state index contributed by atoms with van der Waals surface area (Å²) < 4.78 is 5.19. The summed E-state index contributed by atoms with van der Waals surface area (Å²) in [6.07, 6.45) is 4.20. The van der Waals surface area contributed by atoms with Gasteiger partial charge in [0, 0.05) is 50.6 Å². The molecule has 5 rings (SSSR count). The molecule has 4 heterocycles. The molecule has 0 unspecified atom stereocenters. The molecule has 168 valence electrons. The molecule has 1 aromatic carbocycles. The van der Waals surface area contributed by atoms with Crippen LogP contribution in [0.2, 0.25) is 0 Å². The summed E-state index contributed by atoms with van der Waals surface area (Å²) in [6, 6.07) is 11.8. The normalized spacial score (nSPS) is 14.4. The quantitative estimate of drug-likeness (QED) is 0.418. The highest BCUT2D eigenvalue weighted by Gasteiger charge is 2.16. The van der Waals surface area contributed by atoms with Crippen LogP contribution in [0.4, 0.5) is 11.8 Å². The number of aromatic nitrogens is 5. The SMILES string of the molecule is COc1cc(-c2ccc3nc(Nc4cc(CN5CCN(C=O)CC5)ccn4)[nH]c3c2)ncn1. The lowest BCUT2D eigenvalue weighted by molar-refractivity contribution is -0.119. The van der Waals surface area contributed by atoms with Crippen molar-refractivity contribution in [3.8, 4) is 17.1 Å². The molecule has 0 atom stereocenters. The number of hydrogen-bond acceptors (Lipinski definition) is 8. The summed E-state index contributed by atoms with van der Waals surface area (Å²) in [7, 11) is 1.58. The molecule has 1 amide bonds. The first-order valence-corrected chi connectivity index (χ1v) is 10.7. The van der Waals surface area contributed by atoms with Crippen LogP contribution in [-0.2, 0) is 11.3 Å². The van der Waals surface area contributed by atoms with Gasteiger partial charge in [0.15, 0.2) is 0 Å². The molecule has 1 aliphatic heterocycles. The molecule has 3 aromatic heterocycles.